The molecule has 1 atom stereocenters. The number of aromatic nitrogens is 1. The van der Waals surface area contributed by atoms with Crippen LogP contribution in [0.5, 0.6) is 0 Å². The summed E-state index contributed by atoms with van der Waals surface area (Å²) in [6, 6.07) is 3.13. The van der Waals surface area contributed by atoms with Crippen LogP contribution in [0.25, 0.3) is 0 Å². The molecule has 0 amide bonds. The van der Waals surface area contributed by atoms with Gasteiger partial charge < -0.3 is 5.11 Å². The molecule has 0 aromatic carbocycles. The molecular weight excluding hydrogens is 168 g/mol. The SMILES string of the molecule is O=C(O)C1NCCc2cccnc21. The summed E-state index contributed by atoms with van der Waals surface area (Å²) in [6.45, 7) is 0.704. The second kappa shape index (κ2) is 3.14. The number of rotatable bonds is 1. The quantitative estimate of drug-likeness (QED) is 0.651. The van der Waals surface area contributed by atoms with Gasteiger partial charge in [-0.15, -0.1) is 0 Å². The standard InChI is InChI=1S/C9H10N2O2/c12-9(13)8-7-6(3-5-11-8)2-1-4-10-7/h1-2,4,8,11H,3,5H2,(H,12,13). The molecule has 0 fully saturated rings. The minimum atomic E-state index is -0.861. The van der Waals surface area contributed by atoms with Gasteiger partial charge in [0.15, 0.2) is 0 Å². The second-order valence-electron chi connectivity index (χ2n) is 3.02. The van der Waals surface area contributed by atoms with Crippen LogP contribution in [0, 0.1) is 0 Å². The van der Waals surface area contributed by atoms with E-state index in [4.69, 9.17) is 5.11 Å². The van der Waals surface area contributed by atoms with Crippen LogP contribution >= 0.6 is 0 Å². The highest BCUT2D eigenvalue weighted by Gasteiger charge is 2.26. The molecule has 1 aromatic heterocycles. The van der Waals surface area contributed by atoms with E-state index in [0.717, 1.165) is 12.0 Å². The van der Waals surface area contributed by atoms with Gasteiger partial charge in [-0.05, 0) is 18.1 Å². The second-order valence-corrected chi connectivity index (χ2v) is 3.02. The number of nitrogens with zero attached hydrogens (tertiary/aromatic N) is 1. The highest BCUT2D eigenvalue weighted by Crippen LogP contribution is 2.19. The summed E-state index contributed by atoms with van der Waals surface area (Å²) in [5.41, 5.74) is 1.69. The number of carboxylic acid groups (broad SMARTS) is 1. The highest BCUT2D eigenvalue weighted by atomic mass is 16.4. The van der Waals surface area contributed by atoms with Gasteiger partial charge in [0.1, 0.15) is 6.04 Å². The lowest BCUT2D eigenvalue weighted by Gasteiger charge is -2.21. The van der Waals surface area contributed by atoms with E-state index in [1.165, 1.54) is 0 Å². The monoisotopic (exact) mass is 178 g/mol. The predicted molar refractivity (Wildman–Crippen MR) is 46.3 cm³/mol. The van der Waals surface area contributed by atoms with E-state index in [2.05, 4.69) is 10.3 Å². The fourth-order valence-corrected chi connectivity index (χ4v) is 1.57. The molecule has 1 aliphatic heterocycles. The van der Waals surface area contributed by atoms with Crippen LogP contribution < -0.4 is 5.32 Å². The fraction of sp³-hybridized carbons (Fsp3) is 0.333. The van der Waals surface area contributed by atoms with E-state index in [0.29, 0.717) is 12.2 Å². The van der Waals surface area contributed by atoms with Crippen LogP contribution in [-0.4, -0.2) is 22.6 Å². The Morgan fingerprint density at radius 3 is 3.31 bits per heavy atom. The molecule has 0 spiro atoms. The van der Waals surface area contributed by atoms with Gasteiger partial charge in [-0.25, -0.2) is 0 Å². The van der Waals surface area contributed by atoms with E-state index in [9.17, 15) is 4.79 Å². The zero-order chi connectivity index (χ0) is 9.26. The summed E-state index contributed by atoms with van der Waals surface area (Å²) in [5.74, 6) is -0.861. The molecule has 13 heavy (non-hydrogen) atoms. The number of pyridine rings is 1. The molecule has 1 aromatic rings. The third-order valence-corrected chi connectivity index (χ3v) is 2.19. The zero-order valence-electron chi connectivity index (χ0n) is 7.03. The topological polar surface area (TPSA) is 62.2 Å². The molecule has 0 saturated carbocycles. The average Bonchev–Trinajstić information content (AvgIpc) is 2.17. The van der Waals surface area contributed by atoms with Crippen LogP contribution in [0.15, 0.2) is 18.3 Å². The molecule has 2 heterocycles. The van der Waals surface area contributed by atoms with Gasteiger partial charge in [0, 0.05) is 12.7 Å². The van der Waals surface area contributed by atoms with Crippen molar-refractivity contribution < 1.29 is 9.90 Å². The molecule has 0 bridgehead atoms. The van der Waals surface area contributed by atoms with E-state index in [1.54, 1.807) is 6.20 Å². The first-order valence-electron chi connectivity index (χ1n) is 4.19. The summed E-state index contributed by atoms with van der Waals surface area (Å²) < 4.78 is 0. The van der Waals surface area contributed by atoms with Crippen molar-refractivity contribution in [1.82, 2.24) is 10.3 Å². The summed E-state index contributed by atoms with van der Waals surface area (Å²) in [4.78, 5) is 14.9. The van der Waals surface area contributed by atoms with E-state index >= 15 is 0 Å². The smallest absolute Gasteiger partial charge is 0.326 e. The lowest BCUT2D eigenvalue weighted by molar-refractivity contribution is -0.139. The largest absolute Gasteiger partial charge is 0.480 e. The summed E-state index contributed by atoms with van der Waals surface area (Å²) in [6.07, 6.45) is 2.48. The molecule has 68 valence electrons. The normalized spacial score (nSPS) is 20.8. The minimum Gasteiger partial charge on any atom is -0.480 e. The lowest BCUT2D eigenvalue weighted by Crippen LogP contribution is -2.35. The molecule has 2 rings (SSSR count). The van der Waals surface area contributed by atoms with Gasteiger partial charge in [-0.2, -0.15) is 0 Å². The predicted octanol–water partition coefficient (Wildman–Crippen LogP) is 0.353. The van der Waals surface area contributed by atoms with Gasteiger partial charge >= 0.3 is 5.97 Å². The zero-order valence-corrected chi connectivity index (χ0v) is 7.03. The first-order chi connectivity index (χ1) is 6.29. The van der Waals surface area contributed by atoms with Crippen molar-refractivity contribution in [1.29, 1.82) is 0 Å². The van der Waals surface area contributed by atoms with Gasteiger partial charge in [0.05, 0.1) is 5.69 Å². The first kappa shape index (κ1) is 8.19. The van der Waals surface area contributed by atoms with Gasteiger partial charge in [0.2, 0.25) is 0 Å². The third kappa shape index (κ3) is 1.40. The number of hydrogen-bond donors (Lipinski definition) is 2. The Labute approximate surface area is 75.6 Å². The Hall–Kier alpha value is -1.42. The molecule has 4 nitrogen and oxygen atoms in total. The Bertz CT molecular complexity index is 338. The minimum absolute atomic E-state index is 0.634. The number of aliphatic carboxylic acids is 1. The molecule has 1 unspecified atom stereocenters. The maximum atomic E-state index is 10.8. The van der Waals surface area contributed by atoms with E-state index in [-0.39, 0.29) is 0 Å². The number of carbonyl (C=O) groups is 1. The Kier molecular flexibility index (Phi) is 1.98. The Balaban J connectivity index is 2.42. The first-order valence-corrected chi connectivity index (χ1v) is 4.19. The average molecular weight is 178 g/mol. The van der Waals surface area contributed by atoms with Crippen molar-refractivity contribution in [3.63, 3.8) is 0 Å². The van der Waals surface area contributed by atoms with Crippen molar-refractivity contribution in [2.24, 2.45) is 0 Å². The summed E-state index contributed by atoms with van der Waals surface area (Å²) in [5, 5.41) is 11.8. The Morgan fingerprint density at radius 2 is 2.54 bits per heavy atom. The molecule has 0 radical (unpaired) electrons. The number of carboxylic acids is 1. The molecule has 2 N–H and O–H groups in total. The molecule has 1 aliphatic rings. The van der Waals surface area contributed by atoms with Gasteiger partial charge in [-0.3, -0.25) is 15.1 Å². The summed E-state index contributed by atoms with van der Waals surface area (Å²) >= 11 is 0. The van der Waals surface area contributed by atoms with Gasteiger partial charge in [-0.1, -0.05) is 6.07 Å². The number of hydrogen-bond acceptors (Lipinski definition) is 3. The molecule has 0 aliphatic carbocycles. The Morgan fingerprint density at radius 1 is 1.69 bits per heavy atom. The summed E-state index contributed by atoms with van der Waals surface area (Å²) in [7, 11) is 0. The van der Waals surface area contributed by atoms with Crippen LogP contribution in [0.3, 0.4) is 0 Å². The van der Waals surface area contributed by atoms with Crippen LogP contribution in [0.4, 0.5) is 0 Å². The van der Waals surface area contributed by atoms with Crippen molar-refractivity contribution in [3.05, 3.63) is 29.6 Å². The maximum absolute atomic E-state index is 10.8. The third-order valence-electron chi connectivity index (χ3n) is 2.19. The van der Waals surface area contributed by atoms with E-state index in [1.807, 2.05) is 12.1 Å². The molecule has 4 heteroatoms. The van der Waals surface area contributed by atoms with Crippen molar-refractivity contribution >= 4 is 5.97 Å². The highest BCUT2D eigenvalue weighted by molar-refractivity contribution is 5.75. The van der Waals surface area contributed by atoms with Crippen LogP contribution in [0.1, 0.15) is 17.3 Å². The van der Waals surface area contributed by atoms with E-state index < -0.39 is 12.0 Å². The van der Waals surface area contributed by atoms with Crippen LogP contribution in [-0.2, 0) is 11.2 Å². The number of fused-ring (bicyclic) bond motifs is 1. The molecule has 0 saturated heterocycles. The van der Waals surface area contributed by atoms with Crippen LogP contribution in [0.2, 0.25) is 0 Å². The maximum Gasteiger partial charge on any atom is 0.326 e. The fourth-order valence-electron chi connectivity index (χ4n) is 1.57. The number of nitrogens with one attached hydrogen (secondary N) is 1. The van der Waals surface area contributed by atoms with Crippen molar-refractivity contribution in [3.8, 4) is 0 Å². The molecular formula is C9H10N2O2. The van der Waals surface area contributed by atoms with Crippen molar-refractivity contribution in [2.75, 3.05) is 6.54 Å². The van der Waals surface area contributed by atoms with Crippen molar-refractivity contribution in [2.45, 2.75) is 12.5 Å². The van der Waals surface area contributed by atoms with Gasteiger partial charge in [0.25, 0.3) is 0 Å². The lowest BCUT2D eigenvalue weighted by atomic mass is 10.0.